The van der Waals surface area contributed by atoms with E-state index in [-0.39, 0.29) is 34.7 Å². The number of anilines is 1. The van der Waals surface area contributed by atoms with Crippen LogP contribution in [0.15, 0.2) is 41.9 Å². The number of fused-ring (bicyclic) bond motifs is 1. The number of hydrogen-bond acceptors (Lipinski definition) is 5. The highest BCUT2D eigenvalue weighted by Gasteiger charge is 2.34. The highest BCUT2D eigenvalue weighted by Crippen LogP contribution is 2.28. The monoisotopic (exact) mass is 418 g/mol. The van der Waals surface area contributed by atoms with E-state index in [2.05, 4.69) is 16.6 Å². The fourth-order valence-corrected chi connectivity index (χ4v) is 4.93. The molecule has 1 aliphatic rings. The summed E-state index contributed by atoms with van der Waals surface area (Å²) in [5.41, 5.74) is 0.430. The van der Waals surface area contributed by atoms with Crippen molar-refractivity contribution < 1.29 is 22.7 Å². The van der Waals surface area contributed by atoms with Crippen molar-refractivity contribution in [2.24, 2.45) is 7.05 Å². The van der Waals surface area contributed by atoms with Crippen LogP contribution in [0.3, 0.4) is 0 Å². The summed E-state index contributed by atoms with van der Waals surface area (Å²) in [6, 6.07) is 4.50. The predicted molar refractivity (Wildman–Crippen MR) is 103 cm³/mol. The quantitative estimate of drug-likeness (QED) is 0.648. The van der Waals surface area contributed by atoms with Crippen LogP contribution in [0.4, 0.5) is 10.1 Å². The summed E-state index contributed by atoms with van der Waals surface area (Å²) in [5.74, 6) is -1.30. The molecule has 0 radical (unpaired) electrons. The number of carbonyl (C=O) groups is 1. The molecule has 152 valence electrons. The molecule has 0 fully saturated rings. The summed E-state index contributed by atoms with van der Waals surface area (Å²) >= 11 is 0. The molecular weight excluding hydrogens is 399 g/mol. The summed E-state index contributed by atoms with van der Waals surface area (Å²) in [6.07, 6.45) is 2.01. The second-order valence-electron chi connectivity index (χ2n) is 6.68. The van der Waals surface area contributed by atoms with Gasteiger partial charge in [-0.05, 0) is 31.0 Å². The Morgan fingerprint density at radius 2 is 2.28 bits per heavy atom. The highest BCUT2D eigenvalue weighted by atomic mass is 32.2. The third-order valence-corrected chi connectivity index (χ3v) is 6.31. The van der Waals surface area contributed by atoms with Crippen LogP contribution in [-0.2, 0) is 23.5 Å². The number of nitriles is 1. The largest absolute Gasteiger partial charge is 0.387 e. The fraction of sp³-hybridized carbons (Fsp3) is 0.263. The topological polar surface area (TPSA) is 124 Å². The molecular formula is C19H19FN4O4S. The summed E-state index contributed by atoms with van der Waals surface area (Å²) in [4.78, 5) is 12.8. The van der Waals surface area contributed by atoms with Gasteiger partial charge in [0.1, 0.15) is 22.5 Å². The van der Waals surface area contributed by atoms with E-state index in [4.69, 9.17) is 5.26 Å². The molecule has 0 spiro atoms. The number of aliphatic hydroxyl groups excluding tert-OH is 1. The van der Waals surface area contributed by atoms with E-state index in [0.717, 1.165) is 6.07 Å². The molecule has 1 aromatic carbocycles. The Morgan fingerprint density at radius 1 is 1.55 bits per heavy atom. The van der Waals surface area contributed by atoms with Crippen LogP contribution in [0.1, 0.15) is 28.0 Å². The lowest BCUT2D eigenvalue weighted by Crippen LogP contribution is -2.41. The summed E-state index contributed by atoms with van der Waals surface area (Å²) in [5, 5.41) is 21.5. The Hall–Kier alpha value is -3.00. The van der Waals surface area contributed by atoms with Gasteiger partial charge in [0.05, 0.1) is 17.7 Å². The molecule has 29 heavy (non-hydrogen) atoms. The molecule has 0 saturated carbocycles. The zero-order valence-electron chi connectivity index (χ0n) is 15.5. The number of benzene rings is 1. The molecule has 0 bridgehead atoms. The molecule has 3 rings (SSSR count). The van der Waals surface area contributed by atoms with Crippen LogP contribution >= 0.6 is 0 Å². The number of carbonyl (C=O) groups excluding carboxylic acids is 1. The molecule has 2 heterocycles. The minimum Gasteiger partial charge on any atom is -0.387 e. The second-order valence-corrected chi connectivity index (χ2v) is 8.37. The lowest BCUT2D eigenvalue weighted by Gasteiger charge is -2.19. The van der Waals surface area contributed by atoms with Crippen molar-refractivity contribution in [3.63, 3.8) is 0 Å². The number of aryl methyl sites for hydroxylation is 1. The molecule has 1 aliphatic heterocycles. The average molecular weight is 418 g/mol. The van der Waals surface area contributed by atoms with Gasteiger partial charge in [-0.3, -0.25) is 4.79 Å². The minimum absolute atomic E-state index is 0.0410. The Kier molecular flexibility index (Phi) is 5.57. The third kappa shape index (κ3) is 3.93. The summed E-state index contributed by atoms with van der Waals surface area (Å²) < 4.78 is 42.8. The molecule has 0 saturated heterocycles. The molecule has 10 heteroatoms. The first-order chi connectivity index (χ1) is 13.7. The van der Waals surface area contributed by atoms with Crippen LogP contribution in [-0.4, -0.2) is 36.1 Å². The van der Waals surface area contributed by atoms with Crippen molar-refractivity contribution in [2.75, 3.05) is 5.32 Å². The molecule has 0 unspecified atom stereocenters. The van der Waals surface area contributed by atoms with Crippen molar-refractivity contribution in [1.82, 2.24) is 9.29 Å². The predicted octanol–water partition coefficient (Wildman–Crippen LogP) is 1.43. The van der Waals surface area contributed by atoms with E-state index in [1.165, 1.54) is 29.0 Å². The number of rotatable bonds is 4. The maximum atomic E-state index is 13.5. The first kappa shape index (κ1) is 20.7. The van der Waals surface area contributed by atoms with Crippen LogP contribution in [0.2, 0.25) is 0 Å². The molecule has 1 aromatic heterocycles. The number of nitrogens with zero attached hydrogens (tertiary/aromatic N) is 2. The standard InChI is InChI=1S/C19H19FN4O4S/c1-3-16(25)15-7-5-13-17(29(27,28)23-15)10-24(2)18(13)19(26)22-12-4-6-14(20)11(8-12)9-21/h3-4,6,8,10,15-16,23,25H,1,5,7H2,2H3,(H,22,26)/t15-,16+/m0/s1. The summed E-state index contributed by atoms with van der Waals surface area (Å²) in [7, 11) is -2.42. The van der Waals surface area contributed by atoms with Crippen molar-refractivity contribution in [1.29, 1.82) is 5.26 Å². The van der Waals surface area contributed by atoms with E-state index in [1.807, 2.05) is 0 Å². The van der Waals surface area contributed by atoms with Crippen LogP contribution in [0.5, 0.6) is 0 Å². The van der Waals surface area contributed by atoms with Crippen molar-refractivity contribution in [3.8, 4) is 6.07 Å². The normalized spacial score (nSPS) is 18.8. The van der Waals surface area contributed by atoms with Crippen molar-refractivity contribution >= 4 is 21.6 Å². The van der Waals surface area contributed by atoms with E-state index >= 15 is 0 Å². The van der Waals surface area contributed by atoms with E-state index in [9.17, 15) is 22.7 Å². The Balaban J connectivity index is 1.97. The zero-order valence-corrected chi connectivity index (χ0v) is 16.3. The molecule has 8 nitrogen and oxygen atoms in total. The van der Waals surface area contributed by atoms with E-state index in [1.54, 1.807) is 13.1 Å². The van der Waals surface area contributed by atoms with Crippen LogP contribution < -0.4 is 10.0 Å². The van der Waals surface area contributed by atoms with Crippen molar-refractivity contribution in [3.05, 3.63) is 59.7 Å². The maximum Gasteiger partial charge on any atom is 0.272 e. The van der Waals surface area contributed by atoms with Gasteiger partial charge in [-0.1, -0.05) is 6.08 Å². The van der Waals surface area contributed by atoms with Gasteiger partial charge >= 0.3 is 0 Å². The molecule has 3 N–H and O–H groups in total. The SMILES string of the molecule is C=C[C@@H](O)[C@@H]1CCc2c(cn(C)c2C(=O)Nc2ccc(F)c(C#N)c2)S(=O)(=O)N1. The smallest absolute Gasteiger partial charge is 0.272 e. The van der Waals surface area contributed by atoms with E-state index in [0.29, 0.717) is 5.56 Å². The van der Waals surface area contributed by atoms with Gasteiger partial charge in [-0.2, -0.15) is 5.26 Å². The highest BCUT2D eigenvalue weighted by molar-refractivity contribution is 7.89. The fourth-order valence-electron chi connectivity index (χ4n) is 3.32. The first-order valence-electron chi connectivity index (χ1n) is 8.70. The molecule has 2 atom stereocenters. The van der Waals surface area contributed by atoms with Gasteiger partial charge in [-0.25, -0.2) is 17.5 Å². The van der Waals surface area contributed by atoms with Gasteiger partial charge in [0.15, 0.2) is 0 Å². The number of hydrogen-bond donors (Lipinski definition) is 3. The first-order valence-corrected chi connectivity index (χ1v) is 10.2. The minimum atomic E-state index is -3.96. The summed E-state index contributed by atoms with van der Waals surface area (Å²) in [6.45, 7) is 3.48. The third-order valence-electron chi connectivity index (χ3n) is 4.76. The van der Waals surface area contributed by atoms with E-state index < -0.39 is 33.9 Å². The number of nitrogens with one attached hydrogen (secondary N) is 2. The number of sulfonamides is 1. The van der Waals surface area contributed by atoms with Gasteiger partial charge in [0, 0.05) is 24.5 Å². The van der Waals surface area contributed by atoms with Gasteiger partial charge in [0.25, 0.3) is 5.91 Å². The molecule has 1 amide bonds. The Labute approximate surface area is 167 Å². The zero-order chi connectivity index (χ0) is 21.3. The number of aliphatic hydroxyl groups is 1. The lowest BCUT2D eigenvalue weighted by molar-refractivity contribution is 0.101. The Bertz CT molecular complexity index is 1130. The number of aromatic nitrogens is 1. The van der Waals surface area contributed by atoms with Gasteiger partial charge in [0.2, 0.25) is 10.0 Å². The van der Waals surface area contributed by atoms with Gasteiger partial charge in [-0.15, -0.1) is 6.58 Å². The van der Waals surface area contributed by atoms with Gasteiger partial charge < -0.3 is 15.0 Å². The number of halogens is 1. The van der Waals surface area contributed by atoms with Crippen molar-refractivity contribution in [2.45, 2.75) is 29.9 Å². The second kappa shape index (κ2) is 7.79. The Morgan fingerprint density at radius 3 is 2.93 bits per heavy atom. The lowest BCUT2D eigenvalue weighted by atomic mass is 10.0. The number of amides is 1. The maximum absolute atomic E-state index is 13.5. The van der Waals surface area contributed by atoms with Crippen LogP contribution in [0.25, 0.3) is 0 Å². The molecule has 0 aliphatic carbocycles. The van der Waals surface area contributed by atoms with Crippen LogP contribution in [0, 0.1) is 17.1 Å². The molecule has 2 aromatic rings. The average Bonchev–Trinajstić information content (AvgIpc) is 2.96.